The number of hydrogen-bond acceptors (Lipinski definition) is 4. The molecule has 0 spiro atoms. The van der Waals surface area contributed by atoms with E-state index < -0.39 is 20.5 Å². The highest BCUT2D eigenvalue weighted by Crippen LogP contribution is 2.35. The van der Waals surface area contributed by atoms with Crippen LogP contribution in [0.15, 0.2) is 0 Å². The third kappa shape index (κ3) is 15.5. The van der Waals surface area contributed by atoms with E-state index >= 15 is 0 Å². The van der Waals surface area contributed by atoms with Crippen LogP contribution in [0, 0.1) is 0 Å². The normalized spacial score (nSPS) is 12.8. The molecule has 154 valence electrons. The summed E-state index contributed by atoms with van der Waals surface area (Å²) < 4.78 is 15.2. The van der Waals surface area contributed by atoms with Crippen molar-refractivity contribution in [3.63, 3.8) is 0 Å². The minimum atomic E-state index is -4.67. The predicted molar refractivity (Wildman–Crippen MR) is 102 cm³/mol. The van der Waals surface area contributed by atoms with Gasteiger partial charge in [0.25, 0.3) is 0 Å². The highest BCUT2D eigenvalue weighted by Gasteiger charge is 2.24. The van der Waals surface area contributed by atoms with Crippen LogP contribution in [-0.4, -0.2) is 34.1 Å². The van der Waals surface area contributed by atoms with E-state index in [1.165, 1.54) is 38.5 Å². The summed E-state index contributed by atoms with van der Waals surface area (Å²) in [5.41, 5.74) is 0. The van der Waals surface area contributed by atoms with Gasteiger partial charge in [0.1, 0.15) is 6.04 Å². The Morgan fingerprint density at radius 1 is 0.885 bits per heavy atom. The number of phosphoric acid groups is 1. The number of hydrogen-bond donors (Lipinski definition) is 3. The minimum absolute atomic E-state index is 0.230. The van der Waals surface area contributed by atoms with Crippen molar-refractivity contribution in [1.29, 1.82) is 0 Å². The number of ketones is 1. The molecule has 0 bridgehead atoms. The molecule has 0 saturated heterocycles. The summed E-state index contributed by atoms with van der Waals surface area (Å²) in [6.45, 7) is 3.51. The molecule has 3 N–H and O–H groups in total. The highest BCUT2D eigenvalue weighted by molar-refractivity contribution is 7.46. The average molecular weight is 393 g/mol. The Bertz CT molecular complexity index is 437. The number of nitrogens with one attached hydrogen (secondary N) is 1. The second kappa shape index (κ2) is 15.3. The van der Waals surface area contributed by atoms with Crippen LogP contribution in [0.4, 0.5) is 0 Å². The van der Waals surface area contributed by atoms with Crippen LogP contribution < -0.4 is 5.32 Å². The molecule has 0 aromatic rings. The van der Waals surface area contributed by atoms with Gasteiger partial charge in [0.05, 0.1) is 6.61 Å². The van der Waals surface area contributed by atoms with Gasteiger partial charge in [0, 0.05) is 12.8 Å². The first-order chi connectivity index (χ1) is 12.3. The fraction of sp³-hybridized carbons (Fsp3) is 0.889. The van der Waals surface area contributed by atoms with Crippen LogP contribution in [0.2, 0.25) is 0 Å². The topological polar surface area (TPSA) is 113 Å². The maximum Gasteiger partial charge on any atom is 0.469 e. The molecular weight excluding hydrogens is 357 g/mol. The summed E-state index contributed by atoms with van der Waals surface area (Å²) in [6.07, 6.45) is 11.5. The van der Waals surface area contributed by atoms with E-state index in [0.717, 1.165) is 19.3 Å². The molecule has 7 nitrogen and oxygen atoms in total. The van der Waals surface area contributed by atoms with E-state index in [-0.39, 0.29) is 18.1 Å². The third-order valence-electron chi connectivity index (χ3n) is 4.14. The Morgan fingerprint density at radius 2 is 1.42 bits per heavy atom. The molecule has 0 radical (unpaired) electrons. The van der Waals surface area contributed by atoms with E-state index in [4.69, 9.17) is 9.79 Å². The lowest BCUT2D eigenvalue weighted by molar-refractivity contribution is -0.128. The monoisotopic (exact) mass is 393 g/mol. The minimum Gasteiger partial charge on any atom is -0.344 e. The summed E-state index contributed by atoms with van der Waals surface area (Å²) in [7, 11) is -4.67. The largest absolute Gasteiger partial charge is 0.469 e. The highest BCUT2D eigenvalue weighted by atomic mass is 31.2. The maximum absolute atomic E-state index is 12.0. The molecule has 0 aliphatic heterocycles. The van der Waals surface area contributed by atoms with Gasteiger partial charge in [-0.05, 0) is 12.8 Å². The van der Waals surface area contributed by atoms with Gasteiger partial charge in [-0.2, -0.15) is 0 Å². The Balaban J connectivity index is 4.01. The van der Waals surface area contributed by atoms with Gasteiger partial charge in [0.2, 0.25) is 5.91 Å². The zero-order chi connectivity index (χ0) is 19.8. The van der Waals surface area contributed by atoms with Crippen LogP contribution in [-0.2, 0) is 18.7 Å². The first-order valence-corrected chi connectivity index (χ1v) is 11.3. The van der Waals surface area contributed by atoms with Gasteiger partial charge in [-0.3, -0.25) is 14.1 Å². The molecule has 0 aliphatic carbocycles. The van der Waals surface area contributed by atoms with E-state index in [1.54, 1.807) is 0 Å². The van der Waals surface area contributed by atoms with Crippen molar-refractivity contribution in [2.45, 2.75) is 96.9 Å². The summed E-state index contributed by atoms with van der Waals surface area (Å²) in [6, 6.07) is -1.01. The molecule has 0 heterocycles. The molecule has 0 aromatic carbocycles. The number of rotatable bonds is 17. The van der Waals surface area contributed by atoms with Crippen molar-refractivity contribution in [1.82, 2.24) is 5.32 Å². The number of carbonyl (C=O) groups is 2. The van der Waals surface area contributed by atoms with Gasteiger partial charge < -0.3 is 15.1 Å². The molecule has 0 fully saturated rings. The number of amides is 1. The summed E-state index contributed by atoms with van der Waals surface area (Å²) in [5.74, 6) is -0.557. The fourth-order valence-electron chi connectivity index (χ4n) is 2.67. The van der Waals surface area contributed by atoms with Gasteiger partial charge >= 0.3 is 7.82 Å². The van der Waals surface area contributed by atoms with Crippen molar-refractivity contribution in [2.75, 3.05) is 6.61 Å². The Morgan fingerprint density at radius 3 is 1.92 bits per heavy atom. The van der Waals surface area contributed by atoms with Crippen LogP contribution in [0.3, 0.4) is 0 Å². The quantitative estimate of drug-likeness (QED) is 0.255. The average Bonchev–Trinajstić information content (AvgIpc) is 2.56. The first kappa shape index (κ1) is 25.2. The molecular formula is C18H36NO6P. The van der Waals surface area contributed by atoms with Crippen molar-refractivity contribution >= 4 is 19.5 Å². The van der Waals surface area contributed by atoms with Gasteiger partial charge in [-0.15, -0.1) is 0 Å². The second-order valence-corrected chi connectivity index (χ2v) is 7.94. The van der Waals surface area contributed by atoms with Gasteiger partial charge in [-0.1, -0.05) is 65.2 Å². The van der Waals surface area contributed by atoms with Crippen LogP contribution in [0.25, 0.3) is 0 Å². The number of unbranched alkanes of at least 4 members (excludes halogenated alkanes) is 8. The summed E-state index contributed by atoms with van der Waals surface area (Å²) in [4.78, 5) is 41.5. The Labute approximate surface area is 157 Å². The predicted octanol–water partition coefficient (Wildman–Crippen LogP) is 3.87. The van der Waals surface area contributed by atoms with Crippen molar-refractivity contribution in [3.8, 4) is 0 Å². The van der Waals surface area contributed by atoms with Crippen LogP contribution in [0.1, 0.15) is 90.9 Å². The zero-order valence-electron chi connectivity index (χ0n) is 16.2. The first-order valence-electron chi connectivity index (χ1n) is 9.82. The van der Waals surface area contributed by atoms with Crippen LogP contribution in [0.5, 0.6) is 0 Å². The lowest BCUT2D eigenvalue weighted by Crippen LogP contribution is -2.43. The number of Topliss-reactive ketones (excluding diaryl/α,β-unsaturated/α-hetero) is 1. The fourth-order valence-corrected chi connectivity index (χ4v) is 3.01. The Kier molecular flexibility index (Phi) is 14.9. The van der Waals surface area contributed by atoms with Crippen molar-refractivity contribution in [3.05, 3.63) is 0 Å². The van der Waals surface area contributed by atoms with Crippen molar-refractivity contribution in [2.24, 2.45) is 0 Å². The molecule has 1 unspecified atom stereocenters. The zero-order valence-corrected chi connectivity index (χ0v) is 17.1. The standard InChI is InChI=1S/C18H36NO6P/c1-3-5-6-7-8-9-10-11-12-14-18(21)19-16(17(20)13-4-2)15-25-26(22,23)24/h16H,3-15H2,1-2H3,(H,19,21)(H2,22,23,24). The molecule has 0 aromatic heterocycles. The lowest BCUT2D eigenvalue weighted by Gasteiger charge is -2.18. The number of carbonyl (C=O) groups excluding carboxylic acids is 2. The molecule has 1 amide bonds. The van der Waals surface area contributed by atoms with Gasteiger partial charge in [0.15, 0.2) is 5.78 Å². The van der Waals surface area contributed by atoms with E-state index in [9.17, 15) is 14.2 Å². The van der Waals surface area contributed by atoms with Gasteiger partial charge in [-0.25, -0.2) is 4.57 Å². The third-order valence-corrected chi connectivity index (χ3v) is 4.62. The maximum atomic E-state index is 12.0. The SMILES string of the molecule is CCCCCCCCCCCC(=O)NC(COP(=O)(O)O)C(=O)CCC. The molecule has 8 heteroatoms. The molecule has 0 rings (SSSR count). The van der Waals surface area contributed by atoms with E-state index in [2.05, 4.69) is 16.8 Å². The molecule has 0 saturated carbocycles. The van der Waals surface area contributed by atoms with E-state index in [1.807, 2.05) is 6.92 Å². The second-order valence-electron chi connectivity index (χ2n) is 6.70. The molecule has 1 atom stereocenters. The van der Waals surface area contributed by atoms with E-state index in [0.29, 0.717) is 12.8 Å². The smallest absolute Gasteiger partial charge is 0.344 e. The lowest BCUT2D eigenvalue weighted by atomic mass is 10.1. The summed E-state index contributed by atoms with van der Waals surface area (Å²) >= 11 is 0. The number of phosphoric ester groups is 1. The van der Waals surface area contributed by atoms with Crippen molar-refractivity contribution < 1.29 is 28.5 Å². The Hall–Kier alpha value is -0.750. The van der Waals surface area contributed by atoms with Crippen LogP contribution >= 0.6 is 7.82 Å². The molecule has 0 aliphatic rings. The molecule has 26 heavy (non-hydrogen) atoms. The summed E-state index contributed by atoms with van der Waals surface area (Å²) in [5, 5.41) is 2.54.